The van der Waals surface area contributed by atoms with Crippen molar-refractivity contribution in [1.82, 2.24) is 0 Å². The van der Waals surface area contributed by atoms with Gasteiger partial charge < -0.3 is 5.32 Å². The molecule has 1 aromatic carbocycles. The summed E-state index contributed by atoms with van der Waals surface area (Å²) in [6, 6.07) is 6.61. The predicted molar refractivity (Wildman–Crippen MR) is 113 cm³/mol. The van der Waals surface area contributed by atoms with E-state index < -0.39 is 21.5 Å². The Morgan fingerprint density at radius 2 is 1.86 bits per heavy atom. The number of fused-ring (bicyclic) bond motifs is 1. The Morgan fingerprint density at radius 3 is 2.50 bits per heavy atom. The van der Waals surface area contributed by atoms with Gasteiger partial charge in [-0.25, -0.2) is 8.42 Å². The molecule has 0 radical (unpaired) electrons. The van der Waals surface area contributed by atoms with Gasteiger partial charge in [0.25, 0.3) is 0 Å². The van der Waals surface area contributed by atoms with Crippen LogP contribution in [-0.2, 0) is 27.5 Å². The van der Waals surface area contributed by atoms with E-state index in [4.69, 9.17) is 11.6 Å². The average molecular weight is 440 g/mol. The number of halogens is 1. The van der Waals surface area contributed by atoms with Crippen LogP contribution in [0.3, 0.4) is 0 Å². The molecule has 0 bridgehead atoms. The molecule has 1 heterocycles. The lowest BCUT2D eigenvalue weighted by atomic mass is 10.0. The maximum atomic E-state index is 13.1. The van der Waals surface area contributed by atoms with Gasteiger partial charge in [0, 0.05) is 15.5 Å². The number of carbonyl (C=O) groups excluding carboxylic acids is 2. The highest BCUT2D eigenvalue weighted by Gasteiger charge is 2.29. The van der Waals surface area contributed by atoms with E-state index in [1.165, 1.54) is 11.3 Å². The minimum absolute atomic E-state index is 0.0437. The van der Waals surface area contributed by atoms with Crippen LogP contribution in [0.15, 0.2) is 24.3 Å². The van der Waals surface area contributed by atoms with Crippen molar-refractivity contribution in [3.05, 3.63) is 50.9 Å². The SMILES string of the molecule is CC(C)CS(=O)(=O)CC(=O)Nc1sc2c(c1C(=O)c1ccc(Cl)cc1)CCC2. The topological polar surface area (TPSA) is 80.3 Å². The smallest absolute Gasteiger partial charge is 0.240 e. The minimum Gasteiger partial charge on any atom is -0.316 e. The molecule has 5 nitrogen and oxygen atoms in total. The molecule has 1 amide bonds. The first kappa shape index (κ1) is 21.0. The quantitative estimate of drug-likeness (QED) is 0.657. The van der Waals surface area contributed by atoms with Crippen molar-refractivity contribution in [3.63, 3.8) is 0 Å². The summed E-state index contributed by atoms with van der Waals surface area (Å²) in [5, 5.41) is 3.66. The van der Waals surface area contributed by atoms with Gasteiger partial charge in [0.2, 0.25) is 5.91 Å². The summed E-state index contributed by atoms with van der Waals surface area (Å²) in [5.74, 6) is -1.47. The lowest BCUT2D eigenvalue weighted by Gasteiger charge is -2.10. The van der Waals surface area contributed by atoms with E-state index >= 15 is 0 Å². The highest BCUT2D eigenvalue weighted by molar-refractivity contribution is 7.92. The Labute approximate surface area is 174 Å². The molecule has 2 aromatic rings. The molecule has 28 heavy (non-hydrogen) atoms. The Balaban J connectivity index is 1.87. The molecule has 0 saturated carbocycles. The molecule has 0 aliphatic heterocycles. The molecule has 8 heteroatoms. The van der Waals surface area contributed by atoms with Crippen LogP contribution in [0.1, 0.15) is 46.6 Å². The number of hydrogen-bond donors (Lipinski definition) is 1. The maximum Gasteiger partial charge on any atom is 0.240 e. The van der Waals surface area contributed by atoms with Crippen LogP contribution in [0, 0.1) is 5.92 Å². The standard InChI is InChI=1S/C20H22ClNO4S2/c1-12(2)10-28(25,26)11-17(23)22-20-18(15-4-3-5-16(15)27-20)19(24)13-6-8-14(21)9-7-13/h6-9,12H,3-5,10-11H2,1-2H3,(H,22,23). The molecule has 1 aliphatic carbocycles. The van der Waals surface area contributed by atoms with Crippen LogP contribution in [-0.4, -0.2) is 31.6 Å². The van der Waals surface area contributed by atoms with Gasteiger partial charge in [-0.3, -0.25) is 9.59 Å². The molecule has 150 valence electrons. The van der Waals surface area contributed by atoms with E-state index in [0.29, 0.717) is 21.2 Å². The van der Waals surface area contributed by atoms with Gasteiger partial charge >= 0.3 is 0 Å². The molecule has 1 aliphatic rings. The van der Waals surface area contributed by atoms with Gasteiger partial charge in [0.05, 0.1) is 11.3 Å². The lowest BCUT2D eigenvalue weighted by molar-refractivity contribution is -0.113. The first-order chi connectivity index (χ1) is 13.2. The summed E-state index contributed by atoms with van der Waals surface area (Å²) in [7, 11) is -3.49. The second-order valence-electron chi connectivity index (χ2n) is 7.39. The van der Waals surface area contributed by atoms with E-state index in [9.17, 15) is 18.0 Å². The zero-order chi connectivity index (χ0) is 20.5. The van der Waals surface area contributed by atoms with Crippen molar-refractivity contribution in [2.24, 2.45) is 5.92 Å². The molecular formula is C20H22ClNO4S2. The number of aryl methyl sites for hydroxylation is 1. The summed E-state index contributed by atoms with van der Waals surface area (Å²) in [5.41, 5.74) is 1.93. The van der Waals surface area contributed by atoms with Crippen molar-refractivity contribution in [1.29, 1.82) is 0 Å². The first-order valence-corrected chi connectivity index (χ1v) is 12.1. The summed E-state index contributed by atoms with van der Waals surface area (Å²) >= 11 is 7.28. The maximum absolute atomic E-state index is 13.1. The second kappa shape index (κ2) is 8.35. The molecule has 0 spiro atoms. The molecule has 0 saturated heterocycles. The van der Waals surface area contributed by atoms with Gasteiger partial charge in [0.1, 0.15) is 10.8 Å². The van der Waals surface area contributed by atoms with Gasteiger partial charge in [-0.2, -0.15) is 0 Å². The Kier molecular flexibility index (Phi) is 6.27. The number of nitrogens with one attached hydrogen (secondary N) is 1. The van der Waals surface area contributed by atoms with E-state index in [2.05, 4.69) is 5.32 Å². The van der Waals surface area contributed by atoms with Crippen molar-refractivity contribution < 1.29 is 18.0 Å². The second-order valence-corrected chi connectivity index (χ2v) is 11.0. The molecule has 0 unspecified atom stereocenters. The van der Waals surface area contributed by atoms with Gasteiger partial charge in [0.15, 0.2) is 15.6 Å². The number of amides is 1. The van der Waals surface area contributed by atoms with E-state index in [0.717, 1.165) is 29.7 Å². The van der Waals surface area contributed by atoms with Crippen molar-refractivity contribution in [3.8, 4) is 0 Å². The summed E-state index contributed by atoms with van der Waals surface area (Å²) in [6.45, 7) is 3.59. The first-order valence-electron chi connectivity index (χ1n) is 9.11. The average Bonchev–Trinajstić information content (AvgIpc) is 3.13. The fraction of sp³-hybridized carbons (Fsp3) is 0.400. The summed E-state index contributed by atoms with van der Waals surface area (Å²) < 4.78 is 24.2. The van der Waals surface area contributed by atoms with Gasteiger partial charge in [-0.05, 0) is 55.0 Å². The third-order valence-electron chi connectivity index (χ3n) is 4.45. The van der Waals surface area contributed by atoms with Crippen LogP contribution < -0.4 is 5.32 Å². The number of anilines is 1. The van der Waals surface area contributed by atoms with E-state index in [-0.39, 0.29) is 17.5 Å². The number of thiophene rings is 1. The summed E-state index contributed by atoms with van der Waals surface area (Å²) in [4.78, 5) is 26.6. The Bertz CT molecular complexity index is 1010. The number of hydrogen-bond acceptors (Lipinski definition) is 5. The molecule has 0 fully saturated rings. The van der Waals surface area contributed by atoms with Crippen molar-refractivity contribution in [2.75, 3.05) is 16.8 Å². The molecular weight excluding hydrogens is 418 g/mol. The van der Waals surface area contributed by atoms with Crippen LogP contribution in [0.25, 0.3) is 0 Å². The summed E-state index contributed by atoms with van der Waals surface area (Å²) in [6.07, 6.45) is 2.61. The molecule has 1 aromatic heterocycles. The lowest BCUT2D eigenvalue weighted by Crippen LogP contribution is -2.26. The van der Waals surface area contributed by atoms with Crippen LogP contribution in [0.4, 0.5) is 5.00 Å². The highest BCUT2D eigenvalue weighted by atomic mass is 35.5. The minimum atomic E-state index is -3.49. The van der Waals surface area contributed by atoms with Crippen molar-refractivity contribution in [2.45, 2.75) is 33.1 Å². The van der Waals surface area contributed by atoms with E-state index in [1.807, 2.05) is 0 Å². The fourth-order valence-electron chi connectivity index (χ4n) is 3.41. The fourth-order valence-corrected chi connectivity index (χ4v) is 6.44. The number of benzene rings is 1. The molecule has 1 N–H and O–H groups in total. The molecule has 3 rings (SSSR count). The van der Waals surface area contributed by atoms with Gasteiger partial charge in [-0.15, -0.1) is 11.3 Å². The Hall–Kier alpha value is -1.70. The van der Waals surface area contributed by atoms with Crippen LogP contribution in [0.2, 0.25) is 5.02 Å². The normalized spacial score (nSPS) is 13.6. The zero-order valence-corrected chi connectivity index (χ0v) is 18.1. The monoisotopic (exact) mass is 439 g/mol. The highest BCUT2D eigenvalue weighted by Crippen LogP contribution is 2.40. The van der Waals surface area contributed by atoms with Crippen LogP contribution >= 0.6 is 22.9 Å². The predicted octanol–water partition coefficient (Wildman–Crippen LogP) is 4.13. The van der Waals surface area contributed by atoms with E-state index in [1.54, 1.807) is 38.1 Å². The third kappa shape index (κ3) is 4.82. The number of ketones is 1. The third-order valence-corrected chi connectivity index (χ3v) is 7.78. The number of rotatable bonds is 7. The van der Waals surface area contributed by atoms with Crippen molar-refractivity contribution >= 4 is 49.5 Å². The van der Waals surface area contributed by atoms with Crippen LogP contribution in [0.5, 0.6) is 0 Å². The largest absolute Gasteiger partial charge is 0.316 e. The zero-order valence-electron chi connectivity index (χ0n) is 15.7. The number of sulfone groups is 1. The number of carbonyl (C=O) groups is 2. The van der Waals surface area contributed by atoms with Gasteiger partial charge in [-0.1, -0.05) is 25.4 Å². The Morgan fingerprint density at radius 1 is 1.18 bits per heavy atom. The molecule has 0 atom stereocenters.